The summed E-state index contributed by atoms with van der Waals surface area (Å²) >= 11 is 1.62. The number of rotatable bonds is 12. The molecule has 1 aromatic heterocycles. The maximum Gasteiger partial charge on any atom is 0.243 e. The van der Waals surface area contributed by atoms with E-state index in [0.29, 0.717) is 37.5 Å². The third-order valence-corrected chi connectivity index (χ3v) is 9.26. The van der Waals surface area contributed by atoms with E-state index in [1.54, 1.807) is 35.5 Å². The summed E-state index contributed by atoms with van der Waals surface area (Å²) in [5, 5.41) is 1.98. The van der Waals surface area contributed by atoms with E-state index in [-0.39, 0.29) is 36.3 Å². The van der Waals surface area contributed by atoms with Gasteiger partial charge in [-0.2, -0.15) is 4.31 Å². The summed E-state index contributed by atoms with van der Waals surface area (Å²) in [6.45, 7) is 0.778. The molecule has 0 radical (unpaired) electrons. The van der Waals surface area contributed by atoms with Gasteiger partial charge in [-0.15, -0.1) is 11.3 Å². The van der Waals surface area contributed by atoms with Crippen LogP contribution >= 0.6 is 11.3 Å². The van der Waals surface area contributed by atoms with Crippen LogP contribution in [0.3, 0.4) is 0 Å². The number of nitrogens with zero attached hydrogens (tertiary/aromatic N) is 2. The summed E-state index contributed by atoms with van der Waals surface area (Å²) in [5.41, 5.74) is 0.987. The van der Waals surface area contributed by atoms with E-state index in [0.717, 1.165) is 5.56 Å². The normalized spacial score (nSPS) is 15.4. The number of carbonyl (C=O) groups excluding carboxylic acids is 1. The molecule has 0 N–H and O–H groups in total. The lowest BCUT2D eigenvalue weighted by molar-refractivity contribution is -0.135. The average molecular weight is 563 g/mol. The van der Waals surface area contributed by atoms with Gasteiger partial charge in [0, 0.05) is 31.7 Å². The molecule has 38 heavy (non-hydrogen) atoms. The number of ether oxygens (including phenoxy) is 3. The third-order valence-electron chi connectivity index (χ3n) is 6.40. The number of thiophene rings is 1. The summed E-state index contributed by atoms with van der Waals surface area (Å²) in [7, 11) is -0.903. The third kappa shape index (κ3) is 6.52. The molecule has 0 aliphatic carbocycles. The van der Waals surface area contributed by atoms with Crippen molar-refractivity contribution in [3.63, 3.8) is 0 Å². The smallest absolute Gasteiger partial charge is 0.243 e. The van der Waals surface area contributed by atoms with Crippen molar-refractivity contribution < 1.29 is 31.8 Å². The van der Waals surface area contributed by atoms with Crippen LogP contribution in [0.4, 0.5) is 4.39 Å². The molecule has 1 aliphatic rings. The molecular weight excluding hydrogens is 531 g/mol. The van der Waals surface area contributed by atoms with Gasteiger partial charge in [-0.25, -0.2) is 12.8 Å². The summed E-state index contributed by atoms with van der Waals surface area (Å²) in [6, 6.07) is 13.4. The zero-order valence-corrected chi connectivity index (χ0v) is 23.0. The van der Waals surface area contributed by atoms with Crippen LogP contribution < -0.4 is 9.47 Å². The van der Waals surface area contributed by atoms with Crippen LogP contribution in [-0.4, -0.2) is 70.6 Å². The molecular formula is C27H31FN2O6S2. The van der Waals surface area contributed by atoms with Gasteiger partial charge < -0.3 is 19.1 Å². The van der Waals surface area contributed by atoms with Gasteiger partial charge in [-0.05, 0) is 78.4 Å². The predicted molar refractivity (Wildman–Crippen MR) is 143 cm³/mol. The number of methoxy groups -OCH3 is 2. The first-order valence-electron chi connectivity index (χ1n) is 12.2. The van der Waals surface area contributed by atoms with Crippen molar-refractivity contribution in [2.45, 2.75) is 23.8 Å². The molecule has 1 unspecified atom stereocenters. The minimum atomic E-state index is -3.96. The van der Waals surface area contributed by atoms with Gasteiger partial charge in [0.2, 0.25) is 15.9 Å². The fraction of sp³-hybridized carbons (Fsp3) is 0.370. The Morgan fingerprint density at radius 1 is 1.08 bits per heavy atom. The molecule has 8 nitrogen and oxygen atoms in total. The first-order valence-corrected chi connectivity index (χ1v) is 14.5. The standard InChI is InChI=1S/C27H31FN2O6S2/c1-34-16-3-14-29(38(32,33)23-10-8-21(35-2)9-11-23)18-27(31)30-15-12-26-24(13-17-37-26)25(30)19-36-22-6-4-20(28)5-7-22/h4-11,13,17,25H,3,12,14-16,18-19H2,1-2H3. The molecule has 11 heteroatoms. The van der Waals surface area contributed by atoms with E-state index in [4.69, 9.17) is 14.2 Å². The fourth-order valence-electron chi connectivity index (χ4n) is 4.39. The van der Waals surface area contributed by atoms with E-state index < -0.39 is 16.1 Å². The first kappa shape index (κ1) is 28.0. The number of hydrogen-bond donors (Lipinski definition) is 0. The molecule has 0 saturated heterocycles. The van der Waals surface area contributed by atoms with Crippen LogP contribution in [0.2, 0.25) is 0 Å². The Kier molecular flexibility index (Phi) is 9.37. The molecule has 0 bridgehead atoms. The molecule has 1 aliphatic heterocycles. The van der Waals surface area contributed by atoms with Gasteiger partial charge in [0.15, 0.2) is 0 Å². The highest BCUT2D eigenvalue weighted by Crippen LogP contribution is 2.34. The number of fused-ring (bicyclic) bond motifs is 1. The maximum absolute atomic E-state index is 13.7. The number of carbonyl (C=O) groups is 1. The Hall–Kier alpha value is -2.99. The Morgan fingerprint density at radius 3 is 2.47 bits per heavy atom. The highest BCUT2D eigenvalue weighted by molar-refractivity contribution is 7.89. The lowest BCUT2D eigenvalue weighted by atomic mass is 10.0. The minimum absolute atomic E-state index is 0.0819. The Labute approximate surface area is 226 Å². The molecule has 2 heterocycles. The quantitative estimate of drug-likeness (QED) is 0.309. The molecule has 3 aromatic rings. The molecule has 204 valence electrons. The Morgan fingerprint density at radius 2 is 1.79 bits per heavy atom. The van der Waals surface area contributed by atoms with Crippen molar-refractivity contribution in [2.75, 3.05) is 47.1 Å². The predicted octanol–water partition coefficient (Wildman–Crippen LogP) is 4.13. The summed E-state index contributed by atoms with van der Waals surface area (Å²) in [6.07, 6.45) is 1.12. The number of hydrogen-bond acceptors (Lipinski definition) is 7. The lowest BCUT2D eigenvalue weighted by Gasteiger charge is -2.37. The first-order chi connectivity index (χ1) is 18.3. The number of sulfonamides is 1. The second kappa shape index (κ2) is 12.7. The molecule has 0 saturated carbocycles. The van der Waals surface area contributed by atoms with Crippen LogP contribution in [-0.2, 0) is 26.0 Å². The summed E-state index contributed by atoms with van der Waals surface area (Å²) in [4.78, 5) is 16.6. The Bertz CT molecular complexity index is 1310. The number of halogens is 1. The van der Waals surface area contributed by atoms with E-state index in [2.05, 4.69) is 0 Å². The second-order valence-corrected chi connectivity index (χ2v) is 11.7. The lowest BCUT2D eigenvalue weighted by Crippen LogP contribution is -2.48. The Balaban J connectivity index is 1.55. The van der Waals surface area contributed by atoms with Gasteiger partial charge in [-0.3, -0.25) is 4.79 Å². The second-order valence-electron chi connectivity index (χ2n) is 8.78. The van der Waals surface area contributed by atoms with Crippen molar-refractivity contribution >= 4 is 27.3 Å². The van der Waals surface area contributed by atoms with Gasteiger partial charge in [0.1, 0.15) is 23.9 Å². The fourth-order valence-corrected chi connectivity index (χ4v) is 6.74. The van der Waals surface area contributed by atoms with E-state index in [1.807, 2.05) is 11.4 Å². The van der Waals surface area contributed by atoms with Crippen molar-refractivity contribution in [2.24, 2.45) is 0 Å². The van der Waals surface area contributed by atoms with E-state index in [9.17, 15) is 17.6 Å². The average Bonchev–Trinajstić information content (AvgIpc) is 3.41. The molecule has 2 aromatic carbocycles. The van der Waals surface area contributed by atoms with Gasteiger partial charge in [0.25, 0.3) is 0 Å². The summed E-state index contributed by atoms with van der Waals surface area (Å²) in [5.74, 6) is 0.349. The van der Waals surface area contributed by atoms with Crippen LogP contribution in [0.15, 0.2) is 64.9 Å². The number of amides is 1. The van der Waals surface area contributed by atoms with Crippen LogP contribution in [0.5, 0.6) is 11.5 Å². The molecule has 0 spiro atoms. The zero-order chi connectivity index (χ0) is 27.1. The largest absolute Gasteiger partial charge is 0.497 e. The zero-order valence-electron chi connectivity index (χ0n) is 21.3. The van der Waals surface area contributed by atoms with Crippen molar-refractivity contribution in [3.8, 4) is 11.5 Å². The minimum Gasteiger partial charge on any atom is -0.497 e. The van der Waals surface area contributed by atoms with Crippen molar-refractivity contribution in [1.29, 1.82) is 0 Å². The summed E-state index contributed by atoms with van der Waals surface area (Å²) < 4.78 is 57.8. The van der Waals surface area contributed by atoms with Crippen LogP contribution in [0, 0.1) is 5.82 Å². The maximum atomic E-state index is 13.7. The van der Waals surface area contributed by atoms with Crippen LogP contribution in [0.1, 0.15) is 22.9 Å². The van der Waals surface area contributed by atoms with Gasteiger partial charge in [-0.1, -0.05) is 0 Å². The monoisotopic (exact) mass is 562 g/mol. The highest BCUT2D eigenvalue weighted by atomic mass is 32.2. The molecule has 1 atom stereocenters. The van der Waals surface area contributed by atoms with Gasteiger partial charge >= 0.3 is 0 Å². The van der Waals surface area contributed by atoms with Crippen molar-refractivity contribution in [1.82, 2.24) is 9.21 Å². The van der Waals surface area contributed by atoms with Crippen molar-refractivity contribution in [3.05, 3.63) is 76.2 Å². The van der Waals surface area contributed by atoms with E-state index >= 15 is 0 Å². The molecule has 1 amide bonds. The van der Waals surface area contributed by atoms with Crippen LogP contribution in [0.25, 0.3) is 0 Å². The van der Waals surface area contributed by atoms with E-state index in [1.165, 1.54) is 52.7 Å². The SMILES string of the molecule is COCCCN(CC(=O)N1CCc2sccc2C1COc1ccc(F)cc1)S(=O)(=O)c1ccc(OC)cc1. The molecule has 4 rings (SSSR count). The van der Waals surface area contributed by atoms with Gasteiger partial charge in [0.05, 0.1) is 24.6 Å². The molecule has 0 fully saturated rings. The highest BCUT2D eigenvalue weighted by Gasteiger charge is 2.35. The topological polar surface area (TPSA) is 85.4 Å². The number of benzene rings is 2.